The summed E-state index contributed by atoms with van der Waals surface area (Å²) in [6, 6.07) is 31.2. The molecule has 38 heavy (non-hydrogen) atoms. The van der Waals surface area contributed by atoms with E-state index in [1.165, 1.54) is 0 Å². The standard InChI is InChI=1S/C31H21N5S2/c1-18-12-14-26-28(32-18)35-30(37-26)22-8-3-6-20(16-22)24-10-5-11-25(34-24)21-7-4-9-23(17-21)31-36-29-27(38-31)15-13-19(2)33-29/h3-17H,1-2H3. The maximum atomic E-state index is 5.03. The van der Waals surface area contributed by atoms with Gasteiger partial charge in [-0.3, -0.25) is 0 Å². The first-order valence-electron chi connectivity index (χ1n) is 12.3. The van der Waals surface area contributed by atoms with Crippen LogP contribution in [0.3, 0.4) is 0 Å². The molecular formula is C31H21N5S2. The molecule has 182 valence electrons. The summed E-state index contributed by atoms with van der Waals surface area (Å²) in [5.41, 5.74) is 9.63. The van der Waals surface area contributed by atoms with E-state index in [0.29, 0.717) is 0 Å². The van der Waals surface area contributed by atoms with Crippen molar-refractivity contribution in [2.24, 2.45) is 0 Å². The Morgan fingerprint density at radius 1 is 0.447 bits per heavy atom. The van der Waals surface area contributed by atoms with Crippen molar-refractivity contribution in [1.82, 2.24) is 24.9 Å². The van der Waals surface area contributed by atoms with E-state index in [2.05, 4.69) is 88.8 Å². The van der Waals surface area contributed by atoms with Crippen molar-refractivity contribution in [3.8, 4) is 43.7 Å². The summed E-state index contributed by atoms with van der Waals surface area (Å²) in [6.45, 7) is 3.98. The average Bonchev–Trinajstić information content (AvgIpc) is 3.57. The van der Waals surface area contributed by atoms with Crippen LogP contribution in [0.15, 0.2) is 91.0 Å². The Balaban J connectivity index is 1.23. The molecule has 7 rings (SSSR count). The average molecular weight is 528 g/mol. The number of hydrogen-bond donors (Lipinski definition) is 0. The van der Waals surface area contributed by atoms with E-state index < -0.39 is 0 Å². The quantitative estimate of drug-likeness (QED) is 0.230. The number of aromatic nitrogens is 5. The van der Waals surface area contributed by atoms with Crippen LogP contribution in [-0.2, 0) is 0 Å². The molecule has 0 aliphatic heterocycles. The molecule has 0 aliphatic carbocycles. The van der Waals surface area contributed by atoms with Gasteiger partial charge in [0.05, 0.1) is 20.8 Å². The third-order valence-electron chi connectivity index (χ3n) is 6.34. The lowest BCUT2D eigenvalue weighted by Gasteiger charge is -2.07. The second kappa shape index (κ2) is 9.20. The number of hydrogen-bond acceptors (Lipinski definition) is 7. The lowest BCUT2D eigenvalue weighted by Crippen LogP contribution is -1.89. The Labute approximate surface area is 227 Å². The highest BCUT2D eigenvalue weighted by molar-refractivity contribution is 7.22. The molecule has 0 aliphatic rings. The summed E-state index contributed by atoms with van der Waals surface area (Å²) in [7, 11) is 0. The minimum atomic E-state index is 0.800. The Bertz CT molecular complexity index is 1830. The van der Waals surface area contributed by atoms with E-state index in [4.69, 9.17) is 15.0 Å². The monoisotopic (exact) mass is 527 g/mol. The van der Waals surface area contributed by atoms with Gasteiger partial charge in [-0.15, -0.1) is 22.7 Å². The number of nitrogens with zero attached hydrogens (tertiary/aromatic N) is 5. The van der Waals surface area contributed by atoms with Crippen molar-refractivity contribution >= 4 is 43.4 Å². The zero-order valence-electron chi connectivity index (χ0n) is 20.7. The van der Waals surface area contributed by atoms with Crippen molar-refractivity contribution in [3.63, 3.8) is 0 Å². The number of thiazole rings is 2. The molecule has 0 bridgehead atoms. The second-order valence-corrected chi connectivity index (χ2v) is 11.2. The van der Waals surface area contributed by atoms with Gasteiger partial charge in [0.2, 0.25) is 0 Å². The van der Waals surface area contributed by atoms with Crippen LogP contribution in [0.25, 0.3) is 64.4 Å². The highest BCUT2D eigenvalue weighted by Crippen LogP contribution is 2.34. The van der Waals surface area contributed by atoms with Gasteiger partial charge in [-0.1, -0.05) is 42.5 Å². The molecule has 5 heterocycles. The van der Waals surface area contributed by atoms with Crippen LogP contribution >= 0.6 is 22.7 Å². The Hall–Kier alpha value is -4.33. The Morgan fingerprint density at radius 3 is 1.39 bits per heavy atom. The van der Waals surface area contributed by atoms with E-state index in [-0.39, 0.29) is 0 Å². The summed E-state index contributed by atoms with van der Waals surface area (Å²) in [5, 5.41) is 1.92. The molecule has 2 aromatic carbocycles. The fourth-order valence-electron chi connectivity index (χ4n) is 4.45. The van der Waals surface area contributed by atoms with Crippen LogP contribution < -0.4 is 0 Å². The normalized spacial score (nSPS) is 11.4. The van der Waals surface area contributed by atoms with E-state index in [1.807, 2.05) is 26.0 Å². The fourth-order valence-corrected chi connectivity index (χ4v) is 6.26. The van der Waals surface area contributed by atoms with Crippen LogP contribution in [0.4, 0.5) is 0 Å². The van der Waals surface area contributed by atoms with Crippen molar-refractivity contribution in [2.75, 3.05) is 0 Å². The highest BCUT2D eigenvalue weighted by Gasteiger charge is 2.12. The van der Waals surface area contributed by atoms with Gasteiger partial charge >= 0.3 is 0 Å². The van der Waals surface area contributed by atoms with Crippen LogP contribution in [-0.4, -0.2) is 24.9 Å². The smallest absolute Gasteiger partial charge is 0.171 e. The molecule has 0 N–H and O–H groups in total. The van der Waals surface area contributed by atoms with Gasteiger partial charge in [-0.2, -0.15) is 0 Å². The molecule has 0 saturated heterocycles. The summed E-state index contributed by atoms with van der Waals surface area (Å²) in [5.74, 6) is 0. The fraction of sp³-hybridized carbons (Fsp3) is 0.0645. The van der Waals surface area contributed by atoms with Crippen LogP contribution in [0.2, 0.25) is 0 Å². The lowest BCUT2D eigenvalue weighted by molar-refractivity contribution is 1.22. The Morgan fingerprint density at radius 2 is 0.895 bits per heavy atom. The third-order valence-corrected chi connectivity index (χ3v) is 8.46. The topological polar surface area (TPSA) is 64.5 Å². The largest absolute Gasteiger partial charge is 0.248 e. The van der Waals surface area contributed by atoms with Crippen molar-refractivity contribution in [1.29, 1.82) is 0 Å². The Kier molecular flexibility index (Phi) is 5.53. The van der Waals surface area contributed by atoms with E-state index in [1.54, 1.807) is 22.7 Å². The zero-order chi connectivity index (χ0) is 25.6. The first-order valence-corrected chi connectivity index (χ1v) is 13.9. The molecule has 0 unspecified atom stereocenters. The van der Waals surface area contributed by atoms with Gasteiger partial charge in [0.1, 0.15) is 10.0 Å². The van der Waals surface area contributed by atoms with Gasteiger partial charge in [0, 0.05) is 33.6 Å². The SMILES string of the molecule is Cc1ccc2sc(-c3cccc(-c4cccc(-c5cccc(-c6nc7nc(C)ccc7s6)c5)n4)c3)nc2n1. The molecule has 5 nitrogen and oxygen atoms in total. The summed E-state index contributed by atoms with van der Waals surface area (Å²) >= 11 is 3.32. The molecule has 7 heteroatoms. The highest BCUT2D eigenvalue weighted by atomic mass is 32.1. The minimum absolute atomic E-state index is 0.800. The lowest BCUT2D eigenvalue weighted by atomic mass is 10.0. The predicted octanol–water partition coefficient (Wildman–Crippen LogP) is 8.38. The van der Waals surface area contributed by atoms with Crippen LogP contribution in [0.1, 0.15) is 11.4 Å². The maximum Gasteiger partial charge on any atom is 0.171 e. The van der Waals surface area contributed by atoms with E-state index >= 15 is 0 Å². The molecule has 5 aromatic heterocycles. The summed E-state index contributed by atoms with van der Waals surface area (Å²) in [4.78, 5) is 23.7. The predicted molar refractivity (Wildman–Crippen MR) is 157 cm³/mol. The third kappa shape index (κ3) is 4.26. The first-order chi connectivity index (χ1) is 18.6. The van der Waals surface area contributed by atoms with Gasteiger partial charge in [-0.05, 0) is 62.4 Å². The molecular weight excluding hydrogens is 507 g/mol. The zero-order valence-corrected chi connectivity index (χ0v) is 22.3. The molecule has 0 atom stereocenters. The van der Waals surface area contributed by atoms with Crippen LogP contribution in [0.5, 0.6) is 0 Å². The molecule has 7 aromatic rings. The molecule has 0 fully saturated rings. The second-order valence-electron chi connectivity index (χ2n) is 9.16. The summed E-state index contributed by atoms with van der Waals surface area (Å²) in [6.07, 6.45) is 0. The molecule has 0 amide bonds. The van der Waals surface area contributed by atoms with Crippen molar-refractivity contribution in [2.45, 2.75) is 13.8 Å². The number of aryl methyl sites for hydroxylation is 2. The van der Waals surface area contributed by atoms with Gasteiger partial charge in [-0.25, -0.2) is 24.9 Å². The van der Waals surface area contributed by atoms with Crippen molar-refractivity contribution in [3.05, 3.63) is 102 Å². The van der Waals surface area contributed by atoms with Gasteiger partial charge in [0.25, 0.3) is 0 Å². The number of rotatable bonds is 4. The number of pyridine rings is 3. The van der Waals surface area contributed by atoms with Crippen molar-refractivity contribution < 1.29 is 0 Å². The maximum absolute atomic E-state index is 5.03. The van der Waals surface area contributed by atoms with E-state index in [0.717, 1.165) is 75.7 Å². The summed E-state index contributed by atoms with van der Waals surface area (Å²) < 4.78 is 2.19. The number of fused-ring (bicyclic) bond motifs is 2. The molecule has 0 radical (unpaired) electrons. The first kappa shape index (κ1) is 22.8. The number of benzene rings is 2. The van der Waals surface area contributed by atoms with Gasteiger partial charge < -0.3 is 0 Å². The molecule has 0 saturated carbocycles. The van der Waals surface area contributed by atoms with E-state index in [9.17, 15) is 0 Å². The van der Waals surface area contributed by atoms with Gasteiger partial charge in [0.15, 0.2) is 11.3 Å². The van der Waals surface area contributed by atoms with Crippen LogP contribution in [0, 0.1) is 13.8 Å². The molecule has 0 spiro atoms. The minimum Gasteiger partial charge on any atom is -0.248 e.